The van der Waals surface area contributed by atoms with Crippen LogP contribution >= 0.6 is 0 Å². The van der Waals surface area contributed by atoms with Crippen LogP contribution in [0.15, 0.2) is 12.2 Å². The van der Waals surface area contributed by atoms with Gasteiger partial charge in [-0.2, -0.15) is 0 Å². The maximum atomic E-state index is 11.1. The molecule has 1 aliphatic rings. The lowest BCUT2D eigenvalue weighted by molar-refractivity contribution is -0.131. The minimum atomic E-state index is -1.13. The third kappa shape index (κ3) is 7.03. The Bertz CT molecular complexity index is 297. The van der Waals surface area contributed by atoms with Crippen molar-refractivity contribution in [1.82, 2.24) is 5.32 Å². The summed E-state index contributed by atoms with van der Waals surface area (Å²) in [5.74, 6) is -1.54. The normalized spacial score (nSPS) is 19.2. The number of ether oxygens (including phenoxy) is 2. The molecule has 1 rings (SSSR count). The highest BCUT2D eigenvalue weighted by Crippen LogP contribution is 2.11. The second-order valence-electron chi connectivity index (χ2n) is 4.03. The van der Waals surface area contributed by atoms with Crippen LogP contribution in [0.3, 0.4) is 0 Å². The first-order valence-corrected chi connectivity index (χ1v) is 6.06. The average Bonchev–Trinajstić information content (AvgIpc) is 2.84. The van der Waals surface area contributed by atoms with E-state index in [0.29, 0.717) is 26.2 Å². The smallest absolute Gasteiger partial charge is 0.328 e. The largest absolute Gasteiger partial charge is 0.478 e. The maximum absolute atomic E-state index is 11.1. The van der Waals surface area contributed by atoms with Crippen LogP contribution < -0.4 is 5.32 Å². The van der Waals surface area contributed by atoms with Gasteiger partial charge in [-0.1, -0.05) is 0 Å². The molecule has 18 heavy (non-hydrogen) atoms. The predicted octanol–water partition coefficient (Wildman–Crippen LogP) is 0.329. The zero-order chi connectivity index (χ0) is 13.2. The lowest BCUT2D eigenvalue weighted by Crippen LogP contribution is -2.24. The number of carbonyl (C=O) groups excluding carboxylic acids is 1. The molecular formula is C12H19NO5. The number of hydrogen-bond donors (Lipinski definition) is 2. The summed E-state index contributed by atoms with van der Waals surface area (Å²) in [6.07, 6.45) is 4.87. The Hall–Kier alpha value is -1.40. The molecule has 0 spiro atoms. The molecule has 1 fully saturated rings. The van der Waals surface area contributed by atoms with Gasteiger partial charge in [0.25, 0.3) is 0 Å². The average molecular weight is 257 g/mol. The summed E-state index contributed by atoms with van der Waals surface area (Å²) in [5.41, 5.74) is 0. The molecule has 102 valence electrons. The molecular weight excluding hydrogens is 238 g/mol. The van der Waals surface area contributed by atoms with E-state index in [1.54, 1.807) is 0 Å². The molecule has 1 amide bonds. The monoisotopic (exact) mass is 257 g/mol. The van der Waals surface area contributed by atoms with Crippen LogP contribution in [0.4, 0.5) is 0 Å². The number of carboxylic acid groups (broad SMARTS) is 1. The van der Waals surface area contributed by atoms with E-state index in [-0.39, 0.29) is 6.10 Å². The molecule has 0 aromatic rings. The van der Waals surface area contributed by atoms with Gasteiger partial charge in [-0.15, -0.1) is 0 Å². The van der Waals surface area contributed by atoms with Gasteiger partial charge >= 0.3 is 5.97 Å². The van der Waals surface area contributed by atoms with Gasteiger partial charge in [-0.05, 0) is 19.3 Å². The third-order valence-corrected chi connectivity index (χ3v) is 2.47. The van der Waals surface area contributed by atoms with E-state index >= 15 is 0 Å². The molecule has 0 radical (unpaired) electrons. The van der Waals surface area contributed by atoms with Gasteiger partial charge in [0.2, 0.25) is 5.91 Å². The first-order chi connectivity index (χ1) is 8.68. The van der Waals surface area contributed by atoms with E-state index in [1.807, 2.05) is 0 Å². The van der Waals surface area contributed by atoms with Gasteiger partial charge in [0, 0.05) is 31.9 Å². The van der Waals surface area contributed by atoms with Crippen molar-refractivity contribution >= 4 is 11.9 Å². The lowest BCUT2D eigenvalue weighted by Gasteiger charge is -2.09. The lowest BCUT2D eigenvalue weighted by atomic mass is 10.2. The Morgan fingerprint density at radius 2 is 2.28 bits per heavy atom. The summed E-state index contributed by atoms with van der Waals surface area (Å²) >= 11 is 0. The van der Waals surface area contributed by atoms with Crippen LogP contribution in [0.2, 0.25) is 0 Å². The second kappa shape index (κ2) is 8.66. The molecule has 0 aromatic heterocycles. The molecule has 2 N–H and O–H groups in total. The highest BCUT2D eigenvalue weighted by atomic mass is 16.5. The first-order valence-electron chi connectivity index (χ1n) is 6.06. The topological polar surface area (TPSA) is 84.9 Å². The Balaban J connectivity index is 1.91. The zero-order valence-electron chi connectivity index (χ0n) is 10.3. The molecule has 0 bridgehead atoms. The minimum Gasteiger partial charge on any atom is -0.478 e. The van der Waals surface area contributed by atoms with Gasteiger partial charge in [0.05, 0.1) is 12.7 Å². The van der Waals surface area contributed by atoms with E-state index in [1.165, 1.54) is 0 Å². The number of carbonyl (C=O) groups is 2. The Kier molecular flexibility index (Phi) is 7.05. The van der Waals surface area contributed by atoms with E-state index in [0.717, 1.165) is 31.6 Å². The molecule has 0 saturated carbocycles. The van der Waals surface area contributed by atoms with Gasteiger partial charge in [0.15, 0.2) is 0 Å². The van der Waals surface area contributed by atoms with E-state index in [2.05, 4.69) is 5.32 Å². The molecule has 6 heteroatoms. The number of nitrogens with one attached hydrogen (secondary N) is 1. The molecule has 0 aliphatic carbocycles. The highest BCUT2D eigenvalue weighted by molar-refractivity contribution is 5.93. The Labute approximate surface area is 106 Å². The summed E-state index contributed by atoms with van der Waals surface area (Å²) in [4.78, 5) is 21.2. The van der Waals surface area contributed by atoms with Crippen molar-refractivity contribution in [2.24, 2.45) is 0 Å². The van der Waals surface area contributed by atoms with E-state index in [4.69, 9.17) is 14.6 Å². The summed E-state index contributed by atoms with van der Waals surface area (Å²) < 4.78 is 10.8. The standard InChI is InChI=1S/C12H19NO5/c14-11(4-5-12(15)16)13-6-2-7-17-9-10-3-1-8-18-10/h4-5,10H,1-3,6-9H2,(H,13,14)(H,15,16)/b5-4+. The molecule has 1 unspecified atom stereocenters. The number of amides is 1. The van der Waals surface area contributed by atoms with Crippen molar-refractivity contribution in [2.45, 2.75) is 25.4 Å². The third-order valence-electron chi connectivity index (χ3n) is 2.47. The van der Waals surface area contributed by atoms with Gasteiger partial charge in [-0.3, -0.25) is 4.79 Å². The minimum absolute atomic E-state index is 0.220. The summed E-state index contributed by atoms with van der Waals surface area (Å²) in [5, 5.41) is 10.9. The molecule has 1 aliphatic heterocycles. The molecule has 0 aromatic carbocycles. The van der Waals surface area contributed by atoms with Crippen LogP contribution in [-0.2, 0) is 19.1 Å². The molecule has 6 nitrogen and oxygen atoms in total. The Morgan fingerprint density at radius 1 is 1.44 bits per heavy atom. The number of hydrogen-bond acceptors (Lipinski definition) is 4. The SMILES string of the molecule is O=C(O)/C=C/C(=O)NCCCOCC1CCCO1. The van der Waals surface area contributed by atoms with Gasteiger partial charge in [0.1, 0.15) is 0 Å². The highest BCUT2D eigenvalue weighted by Gasteiger charge is 2.14. The zero-order valence-corrected chi connectivity index (χ0v) is 10.3. The quantitative estimate of drug-likeness (QED) is 0.483. The van der Waals surface area contributed by atoms with Crippen molar-refractivity contribution in [3.05, 3.63) is 12.2 Å². The van der Waals surface area contributed by atoms with Crippen molar-refractivity contribution < 1.29 is 24.2 Å². The van der Waals surface area contributed by atoms with E-state index < -0.39 is 11.9 Å². The fourth-order valence-corrected chi connectivity index (χ4v) is 1.58. The predicted molar refractivity (Wildman–Crippen MR) is 64.2 cm³/mol. The second-order valence-corrected chi connectivity index (χ2v) is 4.03. The number of carboxylic acids is 1. The van der Waals surface area contributed by atoms with Crippen LogP contribution in [0.5, 0.6) is 0 Å². The number of aliphatic carboxylic acids is 1. The molecule has 1 saturated heterocycles. The van der Waals surface area contributed by atoms with E-state index in [9.17, 15) is 9.59 Å². The number of rotatable bonds is 8. The maximum Gasteiger partial charge on any atom is 0.328 e. The first kappa shape index (κ1) is 14.7. The van der Waals surface area contributed by atoms with Crippen molar-refractivity contribution in [3.63, 3.8) is 0 Å². The van der Waals surface area contributed by atoms with Crippen LogP contribution in [0, 0.1) is 0 Å². The van der Waals surface area contributed by atoms with Crippen molar-refractivity contribution in [3.8, 4) is 0 Å². The molecule has 1 atom stereocenters. The van der Waals surface area contributed by atoms with Crippen LogP contribution in [0.25, 0.3) is 0 Å². The summed E-state index contributed by atoms with van der Waals surface area (Å²) in [7, 11) is 0. The van der Waals surface area contributed by atoms with Gasteiger partial charge < -0.3 is 19.9 Å². The van der Waals surface area contributed by atoms with Crippen LogP contribution in [0.1, 0.15) is 19.3 Å². The van der Waals surface area contributed by atoms with Crippen molar-refractivity contribution in [2.75, 3.05) is 26.4 Å². The fraction of sp³-hybridized carbons (Fsp3) is 0.667. The summed E-state index contributed by atoms with van der Waals surface area (Å²) in [6, 6.07) is 0. The summed E-state index contributed by atoms with van der Waals surface area (Å²) in [6.45, 7) is 2.45. The van der Waals surface area contributed by atoms with Crippen LogP contribution in [-0.4, -0.2) is 49.5 Å². The molecule has 1 heterocycles. The Morgan fingerprint density at radius 3 is 2.94 bits per heavy atom. The van der Waals surface area contributed by atoms with Gasteiger partial charge in [-0.25, -0.2) is 4.79 Å². The fourth-order valence-electron chi connectivity index (χ4n) is 1.58. The van der Waals surface area contributed by atoms with Crippen molar-refractivity contribution in [1.29, 1.82) is 0 Å².